The van der Waals surface area contributed by atoms with Gasteiger partial charge in [0.2, 0.25) is 5.91 Å². The average Bonchev–Trinajstić information content (AvgIpc) is 2.70. The third-order valence-corrected chi connectivity index (χ3v) is 5.16. The first kappa shape index (κ1) is 22.1. The predicted octanol–water partition coefficient (Wildman–Crippen LogP) is 3.91. The van der Waals surface area contributed by atoms with Crippen molar-refractivity contribution >= 4 is 16.8 Å². The van der Waals surface area contributed by atoms with E-state index in [0.29, 0.717) is 36.2 Å². The molecule has 1 atom stereocenters. The van der Waals surface area contributed by atoms with Crippen molar-refractivity contribution in [3.05, 3.63) is 40.4 Å². The first-order valence-corrected chi connectivity index (χ1v) is 10.6. The van der Waals surface area contributed by atoms with Crippen LogP contribution in [0.4, 0.5) is 0 Å². The summed E-state index contributed by atoms with van der Waals surface area (Å²) >= 11 is 0. The number of hydrogen-bond donors (Lipinski definition) is 2. The van der Waals surface area contributed by atoms with E-state index in [-0.39, 0.29) is 17.5 Å². The zero-order valence-corrected chi connectivity index (χ0v) is 17.2. The maximum Gasteiger partial charge on any atom is 0.258 e. The number of H-pyrrole nitrogens is 1. The zero-order chi connectivity index (χ0) is 20.4. The Hall–Kier alpha value is -2.21. The fraction of sp³-hybridized carbons (Fsp3) is 0.591. The van der Waals surface area contributed by atoms with Crippen LogP contribution in [0.2, 0.25) is 0 Å². The zero-order valence-electron chi connectivity index (χ0n) is 17.2. The van der Waals surface area contributed by atoms with E-state index in [4.69, 9.17) is 5.73 Å². The van der Waals surface area contributed by atoms with Crippen LogP contribution in [0.15, 0.2) is 29.1 Å². The van der Waals surface area contributed by atoms with Gasteiger partial charge in [-0.15, -0.1) is 0 Å². The Bertz CT molecular complexity index is 802. The second-order valence-electron chi connectivity index (χ2n) is 7.39. The summed E-state index contributed by atoms with van der Waals surface area (Å²) in [5, 5.41) is 0.570. The third kappa shape index (κ3) is 6.16. The Morgan fingerprint density at radius 2 is 1.89 bits per heavy atom. The lowest BCUT2D eigenvalue weighted by atomic mass is 10.1. The molecule has 0 aliphatic heterocycles. The smallest absolute Gasteiger partial charge is 0.258 e. The summed E-state index contributed by atoms with van der Waals surface area (Å²) in [6.45, 7) is 5.46. The first-order chi connectivity index (χ1) is 13.6. The van der Waals surface area contributed by atoms with E-state index in [1.807, 2.05) is 30.0 Å². The molecule has 28 heavy (non-hydrogen) atoms. The lowest BCUT2D eigenvalue weighted by Crippen LogP contribution is -2.36. The minimum atomic E-state index is -0.263. The Morgan fingerprint density at radius 3 is 2.64 bits per heavy atom. The Morgan fingerprint density at radius 1 is 1.14 bits per heavy atom. The molecule has 6 heteroatoms. The summed E-state index contributed by atoms with van der Waals surface area (Å²) in [6, 6.07) is 7.03. The van der Waals surface area contributed by atoms with Gasteiger partial charge in [-0.2, -0.15) is 0 Å². The molecule has 0 aliphatic carbocycles. The first-order valence-electron chi connectivity index (χ1n) is 10.6. The highest BCUT2D eigenvalue weighted by Gasteiger charge is 2.23. The van der Waals surface area contributed by atoms with Crippen molar-refractivity contribution in [3.8, 4) is 0 Å². The number of aromatic nitrogens is 2. The fourth-order valence-electron chi connectivity index (χ4n) is 3.43. The molecule has 2 aromatic rings. The molecule has 1 heterocycles. The molecular weight excluding hydrogens is 352 g/mol. The number of carbonyl (C=O) groups excluding carboxylic acids is 1. The predicted molar refractivity (Wildman–Crippen MR) is 114 cm³/mol. The van der Waals surface area contributed by atoms with E-state index in [1.54, 1.807) is 6.07 Å². The van der Waals surface area contributed by atoms with Crippen molar-refractivity contribution in [1.82, 2.24) is 14.9 Å². The van der Waals surface area contributed by atoms with Crippen LogP contribution in [0, 0.1) is 0 Å². The second-order valence-corrected chi connectivity index (χ2v) is 7.39. The topological polar surface area (TPSA) is 92.1 Å². The van der Waals surface area contributed by atoms with Crippen LogP contribution in [0.5, 0.6) is 0 Å². The molecule has 0 radical (unpaired) electrons. The van der Waals surface area contributed by atoms with Crippen molar-refractivity contribution in [1.29, 1.82) is 0 Å². The van der Waals surface area contributed by atoms with Gasteiger partial charge >= 0.3 is 0 Å². The van der Waals surface area contributed by atoms with Crippen molar-refractivity contribution in [2.24, 2.45) is 5.73 Å². The van der Waals surface area contributed by atoms with Crippen molar-refractivity contribution in [2.45, 2.75) is 71.3 Å². The van der Waals surface area contributed by atoms with Crippen molar-refractivity contribution in [2.75, 3.05) is 13.1 Å². The number of fused-ring (bicyclic) bond motifs is 1. The number of nitrogens with zero attached hydrogens (tertiary/aromatic N) is 2. The van der Waals surface area contributed by atoms with E-state index in [2.05, 4.69) is 16.9 Å². The maximum atomic E-state index is 12.9. The van der Waals surface area contributed by atoms with E-state index in [1.165, 1.54) is 0 Å². The normalized spacial score (nSPS) is 12.2. The molecule has 6 nitrogen and oxygen atoms in total. The lowest BCUT2D eigenvalue weighted by Gasteiger charge is -2.29. The van der Waals surface area contributed by atoms with E-state index in [9.17, 15) is 9.59 Å². The minimum absolute atomic E-state index is 0.135. The van der Waals surface area contributed by atoms with Gasteiger partial charge in [-0.1, -0.05) is 44.7 Å². The van der Waals surface area contributed by atoms with Gasteiger partial charge in [0.05, 0.1) is 16.9 Å². The number of benzene rings is 1. The highest BCUT2D eigenvalue weighted by Crippen LogP contribution is 2.20. The van der Waals surface area contributed by atoms with Gasteiger partial charge in [-0.25, -0.2) is 4.98 Å². The number of unbranched alkanes of at least 4 members (excludes halogenated alkanes) is 5. The van der Waals surface area contributed by atoms with Gasteiger partial charge in [-0.3, -0.25) is 9.59 Å². The Balaban J connectivity index is 2.17. The quantitative estimate of drug-likeness (QED) is 0.541. The van der Waals surface area contributed by atoms with Crippen LogP contribution < -0.4 is 11.3 Å². The third-order valence-electron chi connectivity index (χ3n) is 5.16. The van der Waals surface area contributed by atoms with E-state index in [0.717, 1.165) is 44.9 Å². The van der Waals surface area contributed by atoms with Crippen LogP contribution in [-0.2, 0) is 4.79 Å². The van der Waals surface area contributed by atoms with Gasteiger partial charge in [0, 0.05) is 13.0 Å². The number of aromatic amines is 1. The highest BCUT2D eigenvalue weighted by molar-refractivity contribution is 5.78. The molecule has 0 bridgehead atoms. The van der Waals surface area contributed by atoms with Crippen molar-refractivity contribution in [3.63, 3.8) is 0 Å². The second kappa shape index (κ2) is 11.6. The van der Waals surface area contributed by atoms with Gasteiger partial charge < -0.3 is 15.6 Å². The molecule has 1 amide bonds. The number of carbonyl (C=O) groups is 1. The van der Waals surface area contributed by atoms with Crippen molar-refractivity contribution < 1.29 is 4.79 Å². The molecule has 0 saturated heterocycles. The summed E-state index contributed by atoms with van der Waals surface area (Å²) in [4.78, 5) is 34.7. The molecule has 0 fully saturated rings. The standard InChI is InChI=1S/C22H34N4O2/c1-3-4-7-14-20(27)26(16-11-6-5-10-15-23)17(2)21-24-19-13-9-8-12-18(19)22(28)25-21/h8-9,12-13,17H,3-7,10-11,14-16,23H2,1-2H3,(H,24,25,28)/t17-/m1/s1. The van der Waals surface area contributed by atoms with Crippen LogP contribution in [0.1, 0.15) is 77.1 Å². The summed E-state index contributed by atoms with van der Waals surface area (Å²) in [6.07, 6.45) is 7.64. The SMILES string of the molecule is CCCCCC(=O)N(CCCCCCN)[C@H](C)c1nc2ccccc2c(=O)[nH]1. The van der Waals surface area contributed by atoms with Crippen LogP contribution in [0.25, 0.3) is 10.9 Å². The van der Waals surface area contributed by atoms with Gasteiger partial charge in [0.1, 0.15) is 5.82 Å². The average molecular weight is 387 g/mol. The maximum absolute atomic E-state index is 12.9. The minimum Gasteiger partial charge on any atom is -0.333 e. The number of rotatable bonds is 12. The van der Waals surface area contributed by atoms with E-state index < -0.39 is 0 Å². The summed E-state index contributed by atoms with van der Waals surface area (Å²) in [5.74, 6) is 0.685. The van der Waals surface area contributed by atoms with Gasteiger partial charge in [0.25, 0.3) is 5.56 Å². The molecule has 0 saturated carbocycles. The summed E-state index contributed by atoms with van der Waals surface area (Å²) < 4.78 is 0. The van der Waals surface area contributed by atoms with Crippen LogP contribution >= 0.6 is 0 Å². The molecule has 3 N–H and O–H groups in total. The number of nitrogens with two attached hydrogens (primary N) is 1. The molecular formula is C22H34N4O2. The lowest BCUT2D eigenvalue weighted by molar-refractivity contribution is -0.133. The van der Waals surface area contributed by atoms with Gasteiger partial charge in [-0.05, 0) is 44.9 Å². The highest BCUT2D eigenvalue weighted by atomic mass is 16.2. The molecule has 154 valence electrons. The monoisotopic (exact) mass is 386 g/mol. The number of para-hydroxylation sites is 1. The molecule has 0 unspecified atom stereocenters. The molecule has 1 aromatic carbocycles. The van der Waals surface area contributed by atoms with E-state index >= 15 is 0 Å². The van der Waals surface area contributed by atoms with Crippen LogP contribution in [0.3, 0.4) is 0 Å². The molecule has 1 aromatic heterocycles. The Kier molecular flexibility index (Phi) is 9.14. The molecule has 0 aliphatic rings. The fourth-order valence-corrected chi connectivity index (χ4v) is 3.43. The number of hydrogen-bond acceptors (Lipinski definition) is 4. The summed E-state index contributed by atoms with van der Waals surface area (Å²) in [5.41, 5.74) is 6.07. The number of amides is 1. The van der Waals surface area contributed by atoms with Crippen LogP contribution in [-0.4, -0.2) is 33.9 Å². The number of nitrogens with one attached hydrogen (secondary N) is 1. The molecule has 0 spiro atoms. The Labute approximate surface area is 167 Å². The van der Waals surface area contributed by atoms with Gasteiger partial charge in [0.15, 0.2) is 0 Å². The summed E-state index contributed by atoms with van der Waals surface area (Å²) in [7, 11) is 0. The molecule has 2 rings (SSSR count). The largest absolute Gasteiger partial charge is 0.333 e.